The Morgan fingerprint density at radius 3 is 3.06 bits per heavy atom. The van der Waals surface area contributed by atoms with E-state index >= 15 is 0 Å². The van der Waals surface area contributed by atoms with Gasteiger partial charge in [-0.05, 0) is 6.07 Å². The number of halogens is 1. The maximum Gasteiger partial charge on any atom is 0.154 e. The number of hydrogen-bond acceptors (Lipinski definition) is 4. The molecule has 5 nitrogen and oxygen atoms in total. The summed E-state index contributed by atoms with van der Waals surface area (Å²) >= 11 is 2.22. The Kier molecular flexibility index (Phi) is 2.56. The molecule has 0 atom stereocenters. The molecule has 1 N–H and O–H groups in total. The van der Waals surface area contributed by atoms with Crippen molar-refractivity contribution < 1.29 is 0 Å². The lowest BCUT2D eigenvalue weighted by Crippen LogP contribution is -1.88. The van der Waals surface area contributed by atoms with Crippen LogP contribution in [-0.2, 0) is 0 Å². The summed E-state index contributed by atoms with van der Waals surface area (Å²) in [6.45, 7) is 0. The minimum Gasteiger partial charge on any atom is -0.285 e. The van der Waals surface area contributed by atoms with Gasteiger partial charge in [-0.1, -0.05) is 0 Å². The van der Waals surface area contributed by atoms with Gasteiger partial charge in [0.2, 0.25) is 0 Å². The molecular formula is C9H6IN5S. The number of H-pyrrole nitrogens is 1. The van der Waals surface area contributed by atoms with Crippen molar-refractivity contribution in [2.45, 2.75) is 0 Å². The molecule has 0 aliphatic rings. The van der Waals surface area contributed by atoms with Crippen LogP contribution in [-0.4, -0.2) is 24.1 Å². The van der Waals surface area contributed by atoms with E-state index in [0.717, 1.165) is 22.3 Å². The number of aromatic nitrogens is 5. The first-order valence-electron chi connectivity index (χ1n) is 4.50. The molecule has 3 rings (SSSR count). The Balaban J connectivity index is 2.30. The standard InChI is InChI=1S/C9H6IN5S/c10-16-15-2-1-7-8(6-3-13-14-4-6)11-5-12-9(7)15/h1-5H,(H,13,14). The van der Waals surface area contributed by atoms with Gasteiger partial charge >= 0.3 is 0 Å². The van der Waals surface area contributed by atoms with Crippen molar-refractivity contribution in [3.63, 3.8) is 0 Å². The van der Waals surface area contributed by atoms with Crippen LogP contribution in [0.25, 0.3) is 22.3 Å². The van der Waals surface area contributed by atoms with Crippen molar-refractivity contribution in [2.75, 3.05) is 0 Å². The Labute approximate surface area is 107 Å². The van der Waals surface area contributed by atoms with Gasteiger partial charge in [-0.15, -0.1) is 0 Å². The predicted molar refractivity (Wildman–Crippen MR) is 72.1 cm³/mol. The second-order valence-corrected chi connectivity index (χ2v) is 4.87. The van der Waals surface area contributed by atoms with E-state index in [2.05, 4.69) is 41.4 Å². The molecule has 0 saturated carbocycles. The average Bonchev–Trinajstić information content (AvgIpc) is 2.97. The van der Waals surface area contributed by atoms with Crippen molar-refractivity contribution in [1.29, 1.82) is 0 Å². The van der Waals surface area contributed by atoms with Gasteiger partial charge in [0.1, 0.15) is 6.33 Å². The van der Waals surface area contributed by atoms with Gasteiger partial charge in [-0.25, -0.2) is 9.97 Å². The zero-order chi connectivity index (χ0) is 11.0. The third-order valence-corrected chi connectivity index (χ3v) is 4.01. The molecule has 0 aliphatic heterocycles. The van der Waals surface area contributed by atoms with Crippen LogP contribution >= 0.6 is 30.3 Å². The summed E-state index contributed by atoms with van der Waals surface area (Å²) in [7, 11) is 1.58. The summed E-state index contributed by atoms with van der Waals surface area (Å²) in [6, 6.07) is 2.02. The molecule has 0 aliphatic carbocycles. The van der Waals surface area contributed by atoms with E-state index < -0.39 is 0 Å². The molecule has 0 unspecified atom stereocenters. The van der Waals surface area contributed by atoms with Gasteiger partial charge < -0.3 is 0 Å². The molecule has 0 spiro atoms. The van der Waals surface area contributed by atoms with E-state index in [0.29, 0.717) is 0 Å². The first-order valence-corrected chi connectivity index (χ1v) is 7.82. The highest BCUT2D eigenvalue weighted by atomic mass is 127. The number of hydrogen-bond donors (Lipinski definition) is 1. The van der Waals surface area contributed by atoms with Crippen molar-refractivity contribution in [2.24, 2.45) is 0 Å². The molecule has 80 valence electrons. The fraction of sp³-hybridized carbons (Fsp3) is 0. The molecule has 0 aromatic carbocycles. The third-order valence-electron chi connectivity index (χ3n) is 2.29. The Morgan fingerprint density at radius 2 is 2.31 bits per heavy atom. The number of nitrogens with zero attached hydrogens (tertiary/aromatic N) is 4. The summed E-state index contributed by atoms with van der Waals surface area (Å²) in [6.07, 6.45) is 7.15. The monoisotopic (exact) mass is 343 g/mol. The van der Waals surface area contributed by atoms with E-state index in [1.165, 1.54) is 0 Å². The summed E-state index contributed by atoms with van der Waals surface area (Å²) < 4.78 is 2.00. The quantitative estimate of drug-likeness (QED) is 0.727. The summed E-state index contributed by atoms with van der Waals surface area (Å²) in [5.41, 5.74) is 2.80. The van der Waals surface area contributed by atoms with Crippen LogP contribution in [0.4, 0.5) is 0 Å². The second-order valence-electron chi connectivity index (χ2n) is 3.16. The van der Waals surface area contributed by atoms with Crippen LogP contribution in [0.2, 0.25) is 0 Å². The number of nitrogens with one attached hydrogen (secondary N) is 1. The molecule has 3 aromatic heterocycles. The van der Waals surface area contributed by atoms with Crippen LogP contribution in [0.3, 0.4) is 0 Å². The molecule has 3 aromatic rings. The van der Waals surface area contributed by atoms with Gasteiger partial charge in [-0.3, -0.25) is 9.07 Å². The SMILES string of the molecule is ISn1ccc2c(-c3cn[nH]c3)ncnc21. The van der Waals surface area contributed by atoms with Crippen LogP contribution in [0.15, 0.2) is 31.0 Å². The first-order chi connectivity index (χ1) is 7.90. The minimum atomic E-state index is 0.906. The molecule has 0 saturated heterocycles. The van der Waals surface area contributed by atoms with E-state index in [9.17, 15) is 0 Å². The van der Waals surface area contributed by atoms with Gasteiger partial charge in [0.15, 0.2) is 5.65 Å². The zero-order valence-electron chi connectivity index (χ0n) is 7.96. The van der Waals surface area contributed by atoms with Crippen molar-refractivity contribution in [3.8, 4) is 11.3 Å². The lowest BCUT2D eigenvalue weighted by Gasteiger charge is -1.99. The highest BCUT2D eigenvalue weighted by Crippen LogP contribution is 2.28. The fourth-order valence-electron chi connectivity index (χ4n) is 1.59. The molecule has 7 heteroatoms. The largest absolute Gasteiger partial charge is 0.285 e. The van der Waals surface area contributed by atoms with Gasteiger partial charge in [0.05, 0.1) is 11.9 Å². The van der Waals surface area contributed by atoms with Crippen molar-refractivity contribution in [1.82, 2.24) is 24.1 Å². The predicted octanol–water partition coefficient (Wildman–Crippen LogP) is 2.67. The molecule has 0 fully saturated rings. The second kappa shape index (κ2) is 4.06. The smallest absolute Gasteiger partial charge is 0.154 e. The van der Waals surface area contributed by atoms with E-state index in [1.807, 2.05) is 22.4 Å². The fourth-order valence-corrected chi connectivity index (χ4v) is 2.87. The highest BCUT2D eigenvalue weighted by Gasteiger charge is 2.10. The van der Waals surface area contributed by atoms with Crippen molar-refractivity contribution >= 4 is 41.4 Å². The molecule has 3 heterocycles. The molecule has 0 amide bonds. The highest BCUT2D eigenvalue weighted by molar-refractivity contribution is 14.2. The lowest BCUT2D eigenvalue weighted by atomic mass is 10.2. The zero-order valence-corrected chi connectivity index (χ0v) is 10.9. The van der Waals surface area contributed by atoms with Crippen LogP contribution in [0, 0.1) is 0 Å². The van der Waals surface area contributed by atoms with Gasteiger partial charge in [0, 0.05) is 53.7 Å². The van der Waals surface area contributed by atoms with E-state index in [1.54, 1.807) is 21.6 Å². The molecule has 0 radical (unpaired) electrons. The molecule has 16 heavy (non-hydrogen) atoms. The average molecular weight is 343 g/mol. The van der Waals surface area contributed by atoms with Crippen LogP contribution in [0.5, 0.6) is 0 Å². The van der Waals surface area contributed by atoms with E-state index in [4.69, 9.17) is 0 Å². The summed E-state index contributed by atoms with van der Waals surface area (Å²) in [5.74, 6) is 0. The number of rotatable bonds is 2. The van der Waals surface area contributed by atoms with Gasteiger partial charge in [-0.2, -0.15) is 5.10 Å². The summed E-state index contributed by atoms with van der Waals surface area (Å²) in [4.78, 5) is 8.58. The maximum absolute atomic E-state index is 4.30. The first kappa shape index (κ1) is 10.1. The Bertz CT molecular complexity index is 618. The minimum absolute atomic E-state index is 0.906. The normalized spacial score (nSPS) is 11.1. The van der Waals surface area contributed by atoms with Crippen LogP contribution < -0.4 is 0 Å². The third kappa shape index (κ3) is 1.50. The van der Waals surface area contributed by atoms with Gasteiger partial charge in [0.25, 0.3) is 0 Å². The number of aromatic amines is 1. The van der Waals surface area contributed by atoms with Crippen molar-refractivity contribution in [3.05, 3.63) is 31.0 Å². The topological polar surface area (TPSA) is 59.4 Å². The Hall–Kier alpha value is -1.09. The Morgan fingerprint density at radius 1 is 1.38 bits per heavy atom. The molecule has 0 bridgehead atoms. The maximum atomic E-state index is 4.30. The lowest BCUT2D eigenvalue weighted by molar-refractivity contribution is 1.09. The van der Waals surface area contributed by atoms with E-state index in [-0.39, 0.29) is 0 Å². The number of fused-ring (bicyclic) bond motifs is 1. The molecular weight excluding hydrogens is 337 g/mol. The van der Waals surface area contributed by atoms with Crippen LogP contribution in [0.1, 0.15) is 0 Å². The summed E-state index contributed by atoms with van der Waals surface area (Å²) in [5, 5.41) is 7.76.